The fraction of sp³-hybridized carbons (Fsp3) is 0.0714. The topological polar surface area (TPSA) is 52.3 Å². The minimum absolute atomic E-state index is 0.0152. The van der Waals surface area contributed by atoms with Gasteiger partial charge in [0, 0.05) is 11.3 Å². The number of nitrogens with two attached hydrogens (primary N) is 1. The minimum atomic E-state index is -0.722. The van der Waals surface area contributed by atoms with Gasteiger partial charge >= 0.3 is 5.97 Å². The lowest BCUT2D eigenvalue weighted by Crippen LogP contribution is -2.09. The van der Waals surface area contributed by atoms with Gasteiger partial charge in [-0.2, -0.15) is 0 Å². The van der Waals surface area contributed by atoms with Crippen molar-refractivity contribution in [2.75, 3.05) is 5.73 Å². The van der Waals surface area contributed by atoms with Crippen LogP contribution in [0.15, 0.2) is 42.5 Å². The molecule has 0 amide bonds. The van der Waals surface area contributed by atoms with Crippen LogP contribution in [0, 0.1) is 11.6 Å². The van der Waals surface area contributed by atoms with Crippen molar-refractivity contribution in [1.29, 1.82) is 0 Å². The summed E-state index contributed by atoms with van der Waals surface area (Å²) in [6.45, 7) is -0.206. The second kappa shape index (κ2) is 5.48. The Morgan fingerprint density at radius 2 is 1.89 bits per heavy atom. The van der Waals surface area contributed by atoms with Gasteiger partial charge < -0.3 is 10.5 Å². The monoisotopic (exact) mass is 263 g/mol. The van der Waals surface area contributed by atoms with Crippen LogP contribution in [0.4, 0.5) is 14.5 Å². The highest BCUT2D eigenvalue weighted by molar-refractivity contribution is 5.94. The molecule has 0 aliphatic heterocycles. The summed E-state index contributed by atoms with van der Waals surface area (Å²) >= 11 is 0. The molecule has 0 aromatic heterocycles. The highest BCUT2D eigenvalue weighted by atomic mass is 19.1. The number of hydrogen-bond acceptors (Lipinski definition) is 3. The molecule has 5 heteroatoms. The standard InChI is InChI=1S/C14H11F2NO2/c15-10-5-6-11(13(17)7-10)14(18)19-8-9-3-1-2-4-12(9)16/h1-7H,8,17H2. The first-order valence-electron chi connectivity index (χ1n) is 5.53. The smallest absolute Gasteiger partial charge is 0.340 e. The Bertz CT molecular complexity index is 614. The molecule has 0 saturated carbocycles. The maximum Gasteiger partial charge on any atom is 0.340 e. The number of anilines is 1. The molecule has 19 heavy (non-hydrogen) atoms. The summed E-state index contributed by atoms with van der Waals surface area (Å²) in [5, 5.41) is 0. The molecule has 0 saturated heterocycles. The molecule has 0 unspecified atom stereocenters. The molecule has 0 heterocycles. The van der Waals surface area contributed by atoms with Crippen molar-refractivity contribution in [1.82, 2.24) is 0 Å². The lowest BCUT2D eigenvalue weighted by molar-refractivity contribution is 0.0470. The fourth-order valence-corrected chi connectivity index (χ4v) is 1.56. The number of halogens is 2. The maximum atomic E-state index is 13.3. The molecule has 0 radical (unpaired) electrons. The Morgan fingerprint density at radius 1 is 1.16 bits per heavy atom. The SMILES string of the molecule is Nc1cc(F)ccc1C(=O)OCc1ccccc1F. The van der Waals surface area contributed by atoms with Gasteiger partial charge in [0.2, 0.25) is 0 Å². The first-order valence-corrected chi connectivity index (χ1v) is 5.53. The van der Waals surface area contributed by atoms with Crippen LogP contribution in [0.25, 0.3) is 0 Å². The van der Waals surface area contributed by atoms with Crippen molar-refractivity contribution >= 4 is 11.7 Å². The van der Waals surface area contributed by atoms with E-state index in [0.29, 0.717) is 0 Å². The second-order valence-corrected chi connectivity index (χ2v) is 3.90. The molecular formula is C14H11F2NO2. The van der Waals surface area contributed by atoms with E-state index in [1.807, 2.05) is 0 Å². The van der Waals surface area contributed by atoms with E-state index in [0.717, 1.165) is 12.1 Å². The summed E-state index contributed by atoms with van der Waals surface area (Å²) in [5.41, 5.74) is 5.81. The first kappa shape index (κ1) is 13.0. The largest absolute Gasteiger partial charge is 0.457 e. The summed E-state index contributed by atoms with van der Waals surface area (Å²) < 4.78 is 31.1. The van der Waals surface area contributed by atoms with E-state index in [-0.39, 0.29) is 23.4 Å². The third-order valence-corrected chi connectivity index (χ3v) is 2.55. The zero-order valence-electron chi connectivity index (χ0n) is 9.90. The van der Waals surface area contributed by atoms with E-state index in [2.05, 4.69) is 0 Å². The van der Waals surface area contributed by atoms with Crippen LogP contribution in [0.2, 0.25) is 0 Å². The Balaban J connectivity index is 2.08. The fourth-order valence-electron chi connectivity index (χ4n) is 1.56. The van der Waals surface area contributed by atoms with Crippen molar-refractivity contribution in [3.63, 3.8) is 0 Å². The molecule has 0 fully saturated rings. The third-order valence-electron chi connectivity index (χ3n) is 2.55. The summed E-state index contributed by atoms with van der Waals surface area (Å²) in [7, 11) is 0. The number of ether oxygens (including phenoxy) is 1. The summed E-state index contributed by atoms with van der Waals surface area (Å²) in [4.78, 5) is 11.7. The molecule has 98 valence electrons. The quantitative estimate of drug-likeness (QED) is 0.684. The highest BCUT2D eigenvalue weighted by Crippen LogP contribution is 2.16. The van der Waals surface area contributed by atoms with Crippen molar-refractivity contribution in [2.45, 2.75) is 6.61 Å². The average molecular weight is 263 g/mol. The number of esters is 1. The molecule has 0 bridgehead atoms. The number of benzene rings is 2. The van der Waals surface area contributed by atoms with Crippen LogP contribution >= 0.6 is 0 Å². The number of nitrogen functional groups attached to an aromatic ring is 1. The summed E-state index contributed by atoms with van der Waals surface area (Å²) in [5.74, 6) is -1.72. The molecule has 2 aromatic rings. The van der Waals surface area contributed by atoms with Crippen molar-refractivity contribution in [3.05, 3.63) is 65.2 Å². The van der Waals surface area contributed by atoms with E-state index in [4.69, 9.17) is 10.5 Å². The van der Waals surface area contributed by atoms with Crippen LogP contribution in [0.1, 0.15) is 15.9 Å². The van der Waals surface area contributed by atoms with Crippen LogP contribution < -0.4 is 5.73 Å². The molecular weight excluding hydrogens is 252 g/mol. The molecule has 0 aliphatic carbocycles. The molecule has 2 aromatic carbocycles. The maximum absolute atomic E-state index is 13.3. The number of carbonyl (C=O) groups is 1. The first-order chi connectivity index (χ1) is 9.08. The number of hydrogen-bond donors (Lipinski definition) is 1. The van der Waals surface area contributed by atoms with Crippen LogP contribution in [-0.2, 0) is 11.3 Å². The lowest BCUT2D eigenvalue weighted by Gasteiger charge is -2.07. The summed E-state index contributed by atoms with van der Waals surface area (Å²) in [6, 6.07) is 9.33. The number of rotatable bonds is 3. The lowest BCUT2D eigenvalue weighted by atomic mass is 10.2. The Hall–Kier alpha value is -2.43. The third kappa shape index (κ3) is 3.07. The van der Waals surface area contributed by atoms with Crippen molar-refractivity contribution in [3.8, 4) is 0 Å². The van der Waals surface area contributed by atoms with Gasteiger partial charge in [-0.05, 0) is 24.3 Å². The van der Waals surface area contributed by atoms with Crippen molar-refractivity contribution < 1.29 is 18.3 Å². The van der Waals surface area contributed by atoms with Crippen LogP contribution in [0.3, 0.4) is 0 Å². The second-order valence-electron chi connectivity index (χ2n) is 3.90. The van der Waals surface area contributed by atoms with E-state index < -0.39 is 17.6 Å². The van der Waals surface area contributed by atoms with Gasteiger partial charge in [0.05, 0.1) is 5.56 Å². The molecule has 0 aliphatic rings. The van der Waals surface area contributed by atoms with Gasteiger partial charge in [-0.1, -0.05) is 18.2 Å². The van der Waals surface area contributed by atoms with Gasteiger partial charge in [-0.25, -0.2) is 13.6 Å². The average Bonchev–Trinajstić information content (AvgIpc) is 2.37. The van der Waals surface area contributed by atoms with Crippen LogP contribution in [-0.4, -0.2) is 5.97 Å². The van der Waals surface area contributed by atoms with E-state index in [1.165, 1.54) is 18.2 Å². The molecule has 0 spiro atoms. The van der Waals surface area contributed by atoms with Gasteiger partial charge in [0.25, 0.3) is 0 Å². The van der Waals surface area contributed by atoms with Gasteiger partial charge in [0.15, 0.2) is 0 Å². The van der Waals surface area contributed by atoms with Crippen molar-refractivity contribution in [2.24, 2.45) is 0 Å². The molecule has 0 atom stereocenters. The predicted molar refractivity (Wildman–Crippen MR) is 66.3 cm³/mol. The zero-order chi connectivity index (χ0) is 13.8. The Labute approximate surface area is 108 Å². The zero-order valence-corrected chi connectivity index (χ0v) is 9.90. The van der Waals surface area contributed by atoms with E-state index >= 15 is 0 Å². The van der Waals surface area contributed by atoms with E-state index in [9.17, 15) is 13.6 Å². The Morgan fingerprint density at radius 3 is 2.58 bits per heavy atom. The van der Waals surface area contributed by atoms with Gasteiger partial charge in [-0.3, -0.25) is 0 Å². The van der Waals surface area contributed by atoms with E-state index in [1.54, 1.807) is 12.1 Å². The van der Waals surface area contributed by atoms with Crippen LogP contribution in [0.5, 0.6) is 0 Å². The normalized spacial score (nSPS) is 10.2. The Kier molecular flexibility index (Phi) is 3.75. The highest BCUT2D eigenvalue weighted by Gasteiger charge is 2.12. The van der Waals surface area contributed by atoms with Gasteiger partial charge in [0.1, 0.15) is 18.2 Å². The van der Waals surface area contributed by atoms with Gasteiger partial charge in [-0.15, -0.1) is 0 Å². The molecule has 2 N–H and O–H groups in total. The number of carbonyl (C=O) groups excluding carboxylic acids is 1. The minimum Gasteiger partial charge on any atom is -0.457 e. The molecule has 2 rings (SSSR count). The molecule has 3 nitrogen and oxygen atoms in total. The predicted octanol–water partition coefficient (Wildman–Crippen LogP) is 2.90. The summed E-state index contributed by atoms with van der Waals surface area (Å²) in [6.07, 6.45) is 0.